The lowest BCUT2D eigenvalue weighted by Crippen LogP contribution is -2.44. The average Bonchev–Trinajstić information content (AvgIpc) is 3.57. The number of aromatic nitrogens is 4. The van der Waals surface area contributed by atoms with Gasteiger partial charge >= 0.3 is 12.1 Å². The fraction of sp³-hybridized carbons (Fsp3) is 0.194. The highest BCUT2D eigenvalue weighted by atomic mass is 35.5. The number of anilines is 2. The largest absolute Gasteiger partial charge is 0.478 e. The van der Waals surface area contributed by atoms with Crippen LogP contribution in [-0.4, -0.2) is 87.4 Å². The number of tetrazole rings is 1. The van der Waals surface area contributed by atoms with E-state index in [0.717, 1.165) is 6.08 Å². The molecule has 3 amide bonds. The molecule has 1 atom stereocenters. The number of carboxylic acid groups (broad SMARTS) is 1. The van der Waals surface area contributed by atoms with Crippen molar-refractivity contribution < 1.29 is 33.4 Å². The van der Waals surface area contributed by atoms with E-state index in [-0.39, 0.29) is 34.9 Å². The van der Waals surface area contributed by atoms with Crippen molar-refractivity contribution in [2.45, 2.75) is 12.5 Å². The SMILES string of the molecule is CN(C)CCOC(=O)Nc1ccc(C[C@H](NC(=O)/C=C/c2c(-n3cnnn3)ccc(Cl)c2F)C(=O)Nc2ccc(C(=O)O)cc2)cc1. The van der Waals surface area contributed by atoms with Gasteiger partial charge in [0.1, 0.15) is 19.0 Å². The second kappa shape index (κ2) is 16.1. The number of aromatic carboxylic acids is 1. The van der Waals surface area contributed by atoms with Crippen LogP contribution in [0.25, 0.3) is 11.8 Å². The molecule has 4 aromatic rings. The Morgan fingerprint density at radius 1 is 1.02 bits per heavy atom. The van der Waals surface area contributed by atoms with Gasteiger partial charge in [-0.05, 0) is 84.7 Å². The summed E-state index contributed by atoms with van der Waals surface area (Å²) in [7, 11) is 3.71. The molecule has 47 heavy (non-hydrogen) atoms. The predicted molar refractivity (Wildman–Crippen MR) is 171 cm³/mol. The Morgan fingerprint density at radius 2 is 1.70 bits per heavy atom. The number of rotatable bonds is 13. The summed E-state index contributed by atoms with van der Waals surface area (Å²) in [5.41, 5.74) is 1.57. The molecule has 3 aromatic carbocycles. The number of ether oxygens (including phenoxy) is 1. The zero-order chi connectivity index (χ0) is 33.9. The Morgan fingerprint density at radius 3 is 2.34 bits per heavy atom. The van der Waals surface area contributed by atoms with Gasteiger partial charge in [0.25, 0.3) is 0 Å². The quantitative estimate of drug-likeness (QED) is 0.154. The third-order valence-corrected chi connectivity index (χ3v) is 6.84. The van der Waals surface area contributed by atoms with E-state index in [4.69, 9.17) is 21.4 Å². The minimum atomic E-state index is -1.13. The summed E-state index contributed by atoms with van der Waals surface area (Å²) in [6, 6.07) is 13.7. The van der Waals surface area contributed by atoms with Gasteiger partial charge in [-0.15, -0.1) is 5.10 Å². The highest BCUT2D eigenvalue weighted by Crippen LogP contribution is 2.25. The van der Waals surface area contributed by atoms with Gasteiger partial charge < -0.3 is 25.4 Å². The summed E-state index contributed by atoms with van der Waals surface area (Å²) in [6.45, 7) is 0.777. The molecule has 244 valence electrons. The van der Waals surface area contributed by atoms with Crippen LogP contribution < -0.4 is 16.0 Å². The van der Waals surface area contributed by atoms with E-state index >= 15 is 0 Å². The van der Waals surface area contributed by atoms with Gasteiger partial charge in [-0.3, -0.25) is 14.9 Å². The average molecular weight is 665 g/mol. The molecule has 4 N–H and O–H groups in total. The number of carbonyl (C=O) groups excluding carboxylic acids is 3. The first-order valence-corrected chi connectivity index (χ1v) is 14.4. The summed E-state index contributed by atoms with van der Waals surface area (Å²) < 4.78 is 21.3. The van der Waals surface area contributed by atoms with Crippen LogP contribution in [-0.2, 0) is 20.7 Å². The molecule has 4 rings (SSSR count). The smallest absolute Gasteiger partial charge is 0.411 e. The molecule has 14 nitrogen and oxygen atoms in total. The highest BCUT2D eigenvalue weighted by Gasteiger charge is 2.22. The standard InChI is InChI=1S/C31H30ClFN8O6/c1-40(2)15-16-47-31(46)36-22-7-3-19(4-8-22)17-25(29(43)35-21-9-5-20(6-10-21)30(44)45)37-27(42)14-11-23-26(41-18-34-38-39-41)13-12-24(32)28(23)33/h3-14,18,25H,15-17H2,1-2H3,(H,35,43)(H,36,46)(H,37,42)(H,44,45)/b14-11+/t25-/m0/s1. The van der Waals surface area contributed by atoms with E-state index in [2.05, 4.69) is 31.5 Å². The molecule has 0 fully saturated rings. The number of benzene rings is 3. The third kappa shape index (κ3) is 9.91. The Balaban J connectivity index is 1.51. The maximum Gasteiger partial charge on any atom is 0.411 e. The number of halogens is 2. The molecule has 0 saturated carbocycles. The van der Waals surface area contributed by atoms with Crippen molar-refractivity contribution >= 4 is 52.9 Å². The second-order valence-electron chi connectivity index (χ2n) is 10.3. The van der Waals surface area contributed by atoms with Crippen LogP contribution in [0.4, 0.5) is 20.6 Å². The van der Waals surface area contributed by atoms with Gasteiger partial charge in [0.15, 0.2) is 5.82 Å². The number of hydrogen-bond acceptors (Lipinski definition) is 9. The number of nitrogens with one attached hydrogen (secondary N) is 3. The summed E-state index contributed by atoms with van der Waals surface area (Å²) in [4.78, 5) is 51.6. The molecule has 0 aliphatic heterocycles. The number of amides is 3. The van der Waals surface area contributed by atoms with Crippen LogP contribution >= 0.6 is 11.6 Å². The van der Waals surface area contributed by atoms with Crippen LogP contribution in [0.5, 0.6) is 0 Å². The van der Waals surface area contributed by atoms with E-state index < -0.39 is 35.7 Å². The van der Waals surface area contributed by atoms with E-state index in [9.17, 15) is 23.6 Å². The van der Waals surface area contributed by atoms with E-state index in [1.165, 1.54) is 53.5 Å². The van der Waals surface area contributed by atoms with Crippen molar-refractivity contribution in [3.05, 3.63) is 101 Å². The van der Waals surface area contributed by atoms with Gasteiger partial charge in [0.05, 0.1) is 16.3 Å². The minimum Gasteiger partial charge on any atom is -0.478 e. The molecule has 0 bridgehead atoms. The van der Waals surface area contributed by atoms with Crippen molar-refractivity contribution in [1.29, 1.82) is 0 Å². The minimum absolute atomic E-state index is 0.0214. The van der Waals surface area contributed by atoms with Crippen LogP contribution in [0.3, 0.4) is 0 Å². The van der Waals surface area contributed by atoms with Crippen LogP contribution in [0.2, 0.25) is 5.02 Å². The fourth-order valence-corrected chi connectivity index (χ4v) is 4.30. The lowest BCUT2D eigenvalue weighted by atomic mass is 10.0. The highest BCUT2D eigenvalue weighted by molar-refractivity contribution is 6.31. The van der Waals surface area contributed by atoms with Crippen LogP contribution in [0.15, 0.2) is 73.1 Å². The molecule has 1 aromatic heterocycles. The lowest BCUT2D eigenvalue weighted by Gasteiger charge is -2.18. The maximum absolute atomic E-state index is 15.0. The van der Waals surface area contributed by atoms with Gasteiger partial charge in [-0.2, -0.15) is 4.68 Å². The van der Waals surface area contributed by atoms with E-state index in [1.54, 1.807) is 24.3 Å². The molecule has 0 saturated heterocycles. The zero-order valence-corrected chi connectivity index (χ0v) is 25.9. The first-order valence-electron chi connectivity index (χ1n) is 14.0. The van der Waals surface area contributed by atoms with E-state index in [1.807, 2.05) is 19.0 Å². The second-order valence-corrected chi connectivity index (χ2v) is 10.7. The fourth-order valence-electron chi connectivity index (χ4n) is 4.13. The number of hydrogen-bond donors (Lipinski definition) is 4. The Hall–Kier alpha value is -5.67. The van der Waals surface area contributed by atoms with Gasteiger partial charge in [-0.25, -0.2) is 14.0 Å². The number of carboxylic acids is 1. The van der Waals surface area contributed by atoms with Crippen LogP contribution in [0, 0.1) is 5.82 Å². The zero-order valence-electron chi connectivity index (χ0n) is 25.2. The summed E-state index contributed by atoms with van der Waals surface area (Å²) in [5.74, 6) is -3.27. The number of likely N-dealkylation sites (N-methyl/N-ethyl adjacent to an activating group) is 1. The summed E-state index contributed by atoms with van der Waals surface area (Å²) >= 11 is 5.97. The molecule has 1 heterocycles. The molecular formula is C31H30ClFN8O6. The Labute approximate surface area is 273 Å². The van der Waals surface area contributed by atoms with Crippen molar-refractivity contribution in [3.8, 4) is 5.69 Å². The normalized spacial score (nSPS) is 11.7. The number of carbonyl (C=O) groups is 4. The van der Waals surface area contributed by atoms with Crippen molar-refractivity contribution in [2.24, 2.45) is 0 Å². The maximum atomic E-state index is 15.0. The van der Waals surface area contributed by atoms with Gasteiger partial charge in [0.2, 0.25) is 11.8 Å². The summed E-state index contributed by atoms with van der Waals surface area (Å²) in [5, 5.41) is 27.7. The molecule has 0 aliphatic rings. The molecule has 0 aliphatic carbocycles. The Kier molecular flexibility index (Phi) is 11.7. The van der Waals surface area contributed by atoms with Crippen LogP contribution in [0.1, 0.15) is 21.5 Å². The summed E-state index contributed by atoms with van der Waals surface area (Å²) in [6.07, 6.45) is 2.88. The van der Waals surface area contributed by atoms with Crippen molar-refractivity contribution in [2.75, 3.05) is 37.9 Å². The predicted octanol–water partition coefficient (Wildman–Crippen LogP) is 3.64. The van der Waals surface area contributed by atoms with Crippen molar-refractivity contribution in [3.63, 3.8) is 0 Å². The van der Waals surface area contributed by atoms with Gasteiger partial charge in [0, 0.05) is 36.0 Å². The molecule has 0 unspecified atom stereocenters. The van der Waals surface area contributed by atoms with Crippen molar-refractivity contribution in [1.82, 2.24) is 30.4 Å². The molecule has 0 spiro atoms. The van der Waals surface area contributed by atoms with E-state index in [0.29, 0.717) is 23.5 Å². The molecule has 16 heteroatoms. The molecular weight excluding hydrogens is 635 g/mol. The first-order chi connectivity index (χ1) is 22.5. The monoisotopic (exact) mass is 664 g/mol. The first kappa shape index (κ1) is 34.2. The third-order valence-electron chi connectivity index (χ3n) is 6.55. The van der Waals surface area contributed by atoms with Gasteiger partial charge in [-0.1, -0.05) is 23.7 Å². The molecule has 0 radical (unpaired) electrons. The topological polar surface area (TPSA) is 181 Å². The number of nitrogens with zero attached hydrogens (tertiary/aromatic N) is 5. The lowest BCUT2D eigenvalue weighted by molar-refractivity contribution is -0.123. The Bertz CT molecular complexity index is 1750.